The molecular formula is C15H15F4N5. The number of alkyl halides is 3. The second-order valence-corrected chi connectivity index (χ2v) is 5.47. The summed E-state index contributed by atoms with van der Waals surface area (Å²) in [7, 11) is 0. The van der Waals surface area contributed by atoms with Gasteiger partial charge in [0.1, 0.15) is 11.5 Å². The summed E-state index contributed by atoms with van der Waals surface area (Å²) in [6.07, 6.45) is -0.671. The van der Waals surface area contributed by atoms with E-state index in [0.29, 0.717) is 38.3 Å². The molecule has 2 aromatic rings. The van der Waals surface area contributed by atoms with Crippen molar-refractivity contribution < 1.29 is 17.6 Å². The van der Waals surface area contributed by atoms with E-state index in [1.807, 2.05) is 4.90 Å². The van der Waals surface area contributed by atoms with Crippen molar-refractivity contribution in [2.45, 2.75) is 12.7 Å². The molecule has 9 heteroatoms. The van der Waals surface area contributed by atoms with Gasteiger partial charge in [-0.2, -0.15) is 13.2 Å². The summed E-state index contributed by atoms with van der Waals surface area (Å²) in [5, 5.41) is 0. The summed E-state index contributed by atoms with van der Waals surface area (Å²) >= 11 is 0. The highest BCUT2D eigenvalue weighted by atomic mass is 19.4. The van der Waals surface area contributed by atoms with Crippen LogP contribution in [0.5, 0.6) is 0 Å². The molecule has 0 radical (unpaired) electrons. The van der Waals surface area contributed by atoms with Crippen LogP contribution < -0.4 is 4.90 Å². The highest BCUT2D eigenvalue weighted by Crippen LogP contribution is 2.28. The molecule has 0 aromatic carbocycles. The van der Waals surface area contributed by atoms with Gasteiger partial charge in [-0.25, -0.2) is 14.4 Å². The summed E-state index contributed by atoms with van der Waals surface area (Å²) in [4.78, 5) is 15.0. The average molecular weight is 341 g/mol. The molecule has 0 spiro atoms. The fraction of sp³-hybridized carbons (Fsp3) is 0.400. The first kappa shape index (κ1) is 16.6. The Hall–Kier alpha value is -2.29. The van der Waals surface area contributed by atoms with Crippen molar-refractivity contribution in [3.05, 3.63) is 47.8 Å². The molecule has 1 saturated heterocycles. The maximum absolute atomic E-state index is 13.6. The lowest BCUT2D eigenvalue weighted by Crippen LogP contribution is -2.46. The fourth-order valence-electron chi connectivity index (χ4n) is 2.54. The number of pyridine rings is 1. The largest absolute Gasteiger partial charge is 0.433 e. The van der Waals surface area contributed by atoms with Crippen molar-refractivity contribution in [2.75, 3.05) is 31.1 Å². The van der Waals surface area contributed by atoms with E-state index in [2.05, 4.69) is 15.0 Å². The van der Waals surface area contributed by atoms with Crippen molar-refractivity contribution in [2.24, 2.45) is 0 Å². The lowest BCUT2D eigenvalue weighted by atomic mass is 10.2. The molecule has 0 saturated carbocycles. The molecule has 3 heterocycles. The van der Waals surface area contributed by atoms with Crippen molar-refractivity contribution in [3.8, 4) is 0 Å². The van der Waals surface area contributed by atoms with Crippen molar-refractivity contribution in [3.63, 3.8) is 0 Å². The minimum Gasteiger partial charge on any atom is -0.338 e. The van der Waals surface area contributed by atoms with Crippen molar-refractivity contribution in [1.82, 2.24) is 19.9 Å². The van der Waals surface area contributed by atoms with Gasteiger partial charge in [-0.1, -0.05) is 0 Å². The van der Waals surface area contributed by atoms with Crippen molar-refractivity contribution >= 4 is 5.95 Å². The minimum absolute atomic E-state index is 0.0690. The Morgan fingerprint density at radius 3 is 2.46 bits per heavy atom. The van der Waals surface area contributed by atoms with Gasteiger partial charge in [-0.3, -0.25) is 9.88 Å². The molecular weight excluding hydrogens is 326 g/mol. The molecule has 0 aliphatic carbocycles. The predicted molar refractivity (Wildman–Crippen MR) is 78.7 cm³/mol. The summed E-state index contributed by atoms with van der Waals surface area (Å²) in [5.74, 6) is -0.291. The van der Waals surface area contributed by atoms with Crippen molar-refractivity contribution in [1.29, 1.82) is 0 Å². The molecule has 0 atom stereocenters. The van der Waals surface area contributed by atoms with E-state index in [4.69, 9.17) is 0 Å². The fourth-order valence-corrected chi connectivity index (χ4v) is 2.54. The van der Waals surface area contributed by atoms with Gasteiger partial charge in [0.2, 0.25) is 5.95 Å². The minimum atomic E-state index is -4.49. The van der Waals surface area contributed by atoms with Crippen LogP contribution in [0.15, 0.2) is 30.7 Å². The molecule has 0 amide bonds. The first-order chi connectivity index (χ1) is 11.4. The van der Waals surface area contributed by atoms with E-state index in [0.717, 1.165) is 12.3 Å². The van der Waals surface area contributed by atoms with Gasteiger partial charge in [0.25, 0.3) is 0 Å². The molecule has 1 aliphatic heterocycles. The van der Waals surface area contributed by atoms with Gasteiger partial charge in [0.05, 0.1) is 6.20 Å². The zero-order chi connectivity index (χ0) is 17.2. The second-order valence-electron chi connectivity index (χ2n) is 5.47. The molecule has 0 N–H and O–H groups in total. The average Bonchev–Trinajstić information content (AvgIpc) is 2.57. The molecule has 0 unspecified atom stereocenters. The second kappa shape index (κ2) is 6.68. The van der Waals surface area contributed by atoms with Crippen LogP contribution in [-0.4, -0.2) is 46.0 Å². The zero-order valence-electron chi connectivity index (χ0n) is 12.7. The first-order valence-electron chi connectivity index (χ1n) is 7.39. The van der Waals surface area contributed by atoms with Crippen LogP contribution in [0.1, 0.15) is 11.3 Å². The Morgan fingerprint density at radius 1 is 1.04 bits per heavy atom. The standard InChI is InChI=1S/C15H15F4N5/c16-12-9-20-3-1-11(12)10-23-5-7-24(8-6-23)14-21-4-2-13(22-14)15(17,18)19/h1-4,9H,5-8,10H2. The van der Waals surface area contributed by atoms with Crippen LogP contribution in [0.3, 0.4) is 0 Å². The lowest BCUT2D eigenvalue weighted by molar-refractivity contribution is -0.141. The first-order valence-corrected chi connectivity index (χ1v) is 7.39. The Labute approximate surface area is 136 Å². The summed E-state index contributed by atoms with van der Waals surface area (Å²) in [6.45, 7) is 2.57. The SMILES string of the molecule is Fc1cnccc1CN1CCN(c2nccc(C(F)(F)F)n2)CC1. The third kappa shape index (κ3) is 3.78. The lowest BCUT2D eigenvalue weighted by Gasteiger charge is -2.34. The van der Waals surface area contributed by atoms with Crippen LogP contribution in [0.25, 0.3) is 0 Å². The van der Waals surface area contributed by atoms with E-state index in [1.54, 1.807) is 11.0 Å². The van der Waals surface area contributed by atoms with E-state index < -0.39 is 11.9 Å². The number of rotatable bonds is 3. The number of aromatic nitrogens is 3. The number of piperazine rings is 1. The summed E-state index contributed by atoms with van der Waals surface area (Å²) in [5.41, 5.74) is -0.400. The van der Waals surface area contributed by atoms with Gasteiger partial charge in [-0.05, 0) is 12.1 Å². The molecule has 0 bridgehead atoms. The number of nitrogens with zero attached hydrogens (tertiary/aromatic N) is 5. The Morgan fingerprint density at radius 2 is 1.79 bits per heavy atom. The van der Waals surface area contributed by atoms with Crippen LogP contribution in [0.4, 0.5) is 23.5 Å². The van der Waals surface area contributed by atoms with Crippen LogP contribution in [0.2, 0.25) is 0 Å². The van der Waals surface area contributed by atoms with E-state index >= 15 is 0 Å². The number of halogens is 4. The topological polar surface area (TPSA) is 45.2 Å². The van der Waals surface area contributed by atoms with Gasteiger partial charge in [0, 0.05) is 50.7 Å². The third-order valence-electron chi connectivity index (χ3n) is 3.84. The van der Waals surface area contributed by atoms with Gasteiger partial charge in [0.15, 0.2) is 0 Å². The monoisotopic (exact) mass is 341 g/mol. The Kier molecular flexibility index (Phi) is 4.61. The highest BCUT2D eigenvalue weighted by molar-refractivity contribution is 5.31. The van der Waals surface area contributed by atoms with Gasteiger partial charge < -0.3 is 4.90 Å². The maximum Gasteiger partial charge on any atom is 0.433 e. The smallest absolute Gasteiger partial charge is 0.338 e. The molecule has 3 rings (SSSR count). The highest BCUT2D eigenvalue weighted by Gasteiger charge is 2.33. The summed E-state index contributed by atoms with van der Waals surface area (Å²) < 4.78 is 51.8. The molecule has 1 fully saturated rings. The molecule has 128 valence electrons. The van der Waals surface area contributed by atoms with Gasteiger partial charge in [-0.15, -0.1) is 0 Å². The van der Waals surface area contributed by atoms with Crippen LogP contribution in [-0.2, 0) is 12.7 Å². The van der Waals surface area contributed by atoms with Crippen LogP contribution in [0, 0.1) is 5.82 Å². The quantitative estimate of drug-likeness (QED) is 0.802. The zero-order valence-corrected chi connectivity index (χ0v) is 12.7. The third-order valence-corrected chi connectivity index (χ3v) is 3.84. The molecule has 24 heavy (non-hydrogen) atoms. The molecule has 5 nitrogen and oxygen atoms in total. The van der Waals surface area contributed by atoms with E-state index in [1.165, 1.54) is 12.4 Å². The number of anilines is 1. The molecule has 1 aliphatic rings. The van der Waals surface area contributed by atoms with E-state index in [9.17, 15) is 17.6 Å². The van der Waals surface area contributed by atoms with E-state index in [-0.39, 0.29) is 11.8 Å². The normalized spacial score (nSPS) is 16.4. The number of hydrogen-bond donors (Lipinski definition) is 0. The Balaban J connectivity index is 1.62. The van der Waals surface area contributed by atoms with Crippen LogP contribution >= 0.6 is 0 Å². The Bertz CT molecular complexity index is 698. The van der Waals surface area contributed by atoms with Gasteiger partial charge >= 0.3 is 6.18 Å². The maximum atomic E-state index is 13.6. The summed E-state index contributed by atoms with van der Waals surface area (Å²) in [6, 6.07) is 2.48. The predicted octanol–water partition coefficient (Wildman–Crippen LogP) is 2.35. The molecule has 2 aromatic heterocycles. The number of hydrogen-bond acceptors (Lipinski definition) is 5.